The molecule has 2 fully saturated rings. The van der Waals surface area contributed by atoms with Gasteiger partial charge in [0.15, 0.2) is 0 Å². The minimum absolute atomic E-state index is 0.0951. The Kier molecular flexibility index (Phi) is 9.45. The number of benzene rings is 3. The third kappa shape index (κ3) is 6.74. The van der Waals surface area contributed by atoms with Crippen molar-refractivity contribution >= 4 is 23.5 Å². The number of para-hydroxylation sites is 1. The van der Waals surface area contributed by atoms with Crippen LogP contribution in [0.3, 0.4) is 0 Å². The van der Waals surface area contributed by atoms with Crippen molar-refractivity contribution in [2.45, 2.75) is 70.0 Å². The van der Waals surface area contributed by atoms with Gasteiger partial charge >= 0.3 is 5.97 Å². The van der Waals surface area contributed by atoms with Crippen molar-refractivity contribution in [2.24, 2.45) is 0 Å². The second-order valence-corrected chi connectivity index (χ2v) is 12.8. The van der Waals surface area contributed by atoms with Gasteiger partial charge in [0.2, 0.25) is 5.91 Å². The summed E-state index contributed by atoms with van der Waals surface area (Å²) in [5.74, 6) is 0.521. The highest BCUT2D eigenvalue weighted by Crippen LogP contribution is 2.41. The first-order valence-electron chi connectivity index (χ1n) is 15.2. The first kappa shape index (κ1) is 31.0. The van der Waals surface area contributed by atoms with Crippen LogP contribution in [0, 0.1) is 6.92 Å². The fraction of sp³-hybridized carbons (Fsp3) is 0.429. The maximum absolute atomic E-state index is 15.0. The molecule has 0 spiro atoms. The topological polar surface area (TPSA) is 82.1 Å². The molecule has 2 saturated heterocycles. The highest BCUT2D eigenvalue weighted by Gasteiger charge is 2.49. The average Bonchev–Trinajstić information content (AvgIpc) is 3.01. The summed E-state index contributed by atoms with van der Waals surface area (Å²) in [6, 6.07) is 23.7. The Morgan fingerprint density at radius 1 is 1.02 bits per heavy atom. The lowest BCUT2D eigenvalue weighted by molar-refractivity contribution is -0.152. The number of carboxylic acids is 1. The molecule has 1 amide bonds. The lowest BCUT2D eigenvalue weighted by Gasteiger charge is -2.48. The van der Waals surface area contributed by atoms with E-state index in [1.807, 2.05) is 47.4 Å². The number of carboxylic acid groups (broad SMARTS) is 1. The normalized spacial score (nSPS) is 17.8. The number of halogens is 1. The molecular weight excluding hydrogens is 562 g/mol. The van der Waals surface area contributed by atoms with Gasteiger partial charge in [0.25, 0.3) is 0 Å². The van der Waals surface area contributed by atoms with Crippen LogP contribution >= 0.6 is 11.6 Å². The molecule has 0 saturated carbocycles. The van der Waals surface area contributed by atoms with Crippen LogP contribution < -0.4 is 10.1 Å². The molecule has 8 heteroatoms. The zero-order valence-corrected chi connectivity index (χ0v) is 26.1. The highest BCUT2D eigenvalue weighted by atomic mass is 35.5. The van der Waals surface area contributed by atoms with E-state index in [1.165, 1.54) is 0 Å². The average molecular weight is 604 g/mol. The van der Waals surface area contributed by atoms with E-state index in [9.17, 15) is 9.90 Å². The van der Waals surface area contributed by atoms with Gasteiger partial charge in [0, 0.05) is 25.7 Å². The molecule has 3 aromatic carbocycles. The zero-order chi connectivity index (χ0) is 30.6. The third-order valence-corrected chi connectivity index (χ3v) is 9.58. The van der Waals surface area contributed by atoms with Gasteiger partial charge < -0.3 is 20.1 Å². The monoisotopic (exact) mass is 603 g/mol. The van der Waals surface area contributed by atoms with Crippen LogP contribution in [0.4, 0.5) is 0 Å². The number of amides is 1. The molecule has 0 aromatic heterocycles. The zero-order valence-electron chi connectivity index (χ0n) is 25.3. The van der Waals surface area contributed by atoms with E-state index in [0.717, 1.165) is 42.6 Å². The van der Waals surface area contributed by atoms with Crippen LogP contribution in [0.15, 0.2) is 72.8 Å². The van der Waals surface area contributed by atoms with Crippen molar-refractivity contribution in [3.8, 4) is 11.5 Å². The second-order valence-electron chi connectivity index (χ2n) is 12.4. The van der Waals surface area contributed by atoms with Crippen molar-refractivity contribution in [1.29, 1.82) is 0 Å². The number of carbonyl (C=O) groups excluding carboxylic acids is 1. The Balaban J connectivity index is 1.48. The van der Waals surface area contributed by atoms with Crippen LogP contribution in [0.1, 0.15) is 56.2 Å². The molecule has 0 radical (unpaired) electrons. The summed E-state index contributed by atoms with van der Waals surface area (Å²) in [4.78, 5) is 31.2. The predicted octanol–water partition coefficient (Wildman–Crippen LogP) is 6.42. The number of carbonyl (C=O) groups is 2. The van der Waals surface area contributed by atoms with Gasteiger partial charge in [-0.2, -0.15) is 0 Å². The number of rotatable bonds is 9. The number of piperidine rings is 2. The molecule has 0 bridgehead atoms. The molecule has 2 aliphatic heterocycles. The van der Waals surface area contributed by atoms with Gasteiger partial charge in [-0.1, -0.05) is 65.7 Å². The fourth-order valence-electron chi connectivity index (χ4n) is 6.40. The maximum Gasteiger partial charge on any atom is 0.323 e. The number of hydrogen-bond donors (Lipinski definition) is 2. The van der Waals surface area contributed by atoms with E-state index in [-0.39, 0.29) is 11.9 Å². The number of aliphatic carboxylic acids is 1. The minimum atomic E-state index is -1.00. The Bertz CT molecular complexity index is 1430. The van der Waals surface area contributed by atoms with Crippen molar-refractivity contribution in [2.75, 3.05) is 26.2 Å². The van der Waals surface area contributed by atoms with Crippen LogP contribution in [0.5, 0.6) is 11.5 Å². The third-order valence-electron chi connectivity index (χ3n) is 9.27. The first-order chi connectivity index (χ1) is 20.6. The van der Waals surface area contributed by atoms with E-state index >= 15 is 4.79 Å². The van der Waals surface area contributed by atoms with Crippen molar-refractivity contribution in [1.82, 2.24) is 15.1 Å². The molecule has 3 aromatic rings. The Morgan fingerprint density at radius 3 is 2.35 bits per heavy atom. The summed E-state index contributed by atoms with van der Waals surface area (Å²) in [5, 5.41) is 13.9. The van der Waals surface area contributed by atoms with Gasteiger partial charge in [0.05, 0.1) is 10.4 Å². The van der Waals surface area contributed by atoms with Gasteiger partial charge in [-0.15, -0.1) is 0 Å². The Labute approximate surface area is 259 Å². The molecule has 2 N–H and O–H groups in total. The van der Waals surface area contributed by atoms with E-state index in [2.05, 4.69) is 41.4 Å². The SMILES string of the molecule is Cc1ccc(C2(C(=O)N(Cc3cccc(Oc4ccccc4Cl)c3)C3CCNCC3)CCN(C(C)(C)C(=O)O)CC2)cc1. The number of likely N-dealkylation sites (tertiary alicyclic amines) is 1. The lowest BCUT2D eigenvalue weighted by Crippen LogP contribution is -2.60. The van der Waals surface area contributed by atoms with E-state index in [4.69, 9.17) is 16.3 Å². The molecule has 5 rings (SSSR count). The predicted molar refractivity (Wildman–Crippen MR) is 170 cm³/mol. The Morgan fingerprint density at radius 2 is 1.70 bits per heavy atom. The number of hydrogen-bond acceptors (Lipinski definition) is 5. The molecule has 43 heavy (non-hydrogen) atoms. The van der Waals surface area contributed by atoms with Gasteiger partial charge in [0.1, 0.15) is 17.0 Å². The molecule has 0 atom stereocenters. The van der Waals surface area contributed by atoms with Crippen molar-refractivity contribution < 1.29 is 19.4 Å². The highest BCUT2D eigenvalue weighted by molar-refractivity contribution is 6.32. The minimum Gasteiger partial charge on any atom is -0.480 e. The molecular formula is C35H42ClN3O4. The number of ether oxygens (including phenoxy) is 1. The quantitative estimate of drug-likeness (QED) is 0.294. The van der Waals surface area contributed by atoms with Crippen LogP contribution in [-0.2, 0) is 21.5 Å². The number of nitrogens with zero attached hydrogens (tertiary/aromatic N) is 2. The van der Waals surface area contributed by atoms with Gasteiger partial charge in [-0.3, -0.25) is 14.5 Å². The standard InChI is InChI=1S/C35H42ClN3O4/c1-25-11-13-27(14-12-25)35(17-21-38(22-18-35)34(2,3)33(41)42)32(40)39(28-15-19-37-20-16-28)24-26-7-6-8-29(23-26)43-31-10-5-4-9-30(31)36/h4-14,23,28,37H,15-22,24H2,1-3H3,(H,41,42). The van der Waals surface area contributed by atoms with Gasteiger partial charge in [-0.25, -0.2) is 0 Å². The summed E-state index contributed by atoms with van der Waals surface area (Å²) >= 11 is 6.35. The lowest BCUT2D eigenvalue weighted by atomic mass is 9.70. The fourth-order valence-corrected chi connectivity index (χ4v) is 6.57. The van der Waals surface area contributed by atoms with E-state index in [0.29, 0.717) is 49.0 Å². The van der Waals surface area contributed by atoms with E-state index in [1.54, 1.807) is 19.9 Å². The molecule has 228 valence electrons. The summed E-state index contributed by atoms with van der Waals surface area (Å²) in [6.07, 6.45) is 2.87. The summed E-state index contributed by atoms with van der Waals surface area (Å²) in [6.45, 7) is 8.78. The summed E-state index contributed by atoms with van der Waals surface area (Å²) in [5.41, 5.74) is 1.39. The molecule has 2 heterocycles. The van der Waals surface area contributed by atoms with Crippen LogP contribution in [0.25, 0.3) is 0 Å². The number of aryl methyl sites for hydroxylation is 1. The summed E-state index contributed by atoms with van der Waals surface area (Å²) < 4.78 is 6.12. The molecule has 0 unspecified atom stereocenters. The van der Waals surface area contributed by atoms with E-state index < -0.39 is 16.9 Å². The maximum atomic E-state index is 15.0. The van der Waals surface area contributed by atoms with Crippen LogP contribution in [0.2, 0.25) is 5.02 Å². The summed E-state index contributed by atoms with van der Waals surface area (Å²) in [7, 11) is 0. The molecule has 7 nitrogen and oxygen atoms in total. The first-order valence-corrected chi connectivity index (χ1v) is 15.6. The largest absolute Gasteiger partial charge is 0.480 e. The smallest absolute Gasteiger partial charge is 0.323 e. The van der Waals surface area contributed by atoms with Crippen molar-refractivity contribution in [3.63, 3.8) is 0 Å². The Hall–Kier alpha value is -3.39. The van der Waals surface area contributed by atoms with Crippen LogP contribution in [-0.4, -0.2) is 64.5 Å². The molecule has 0 aliphatic carbocycles. The number of nitrogens with one attached hydrogen (secondary N) is 1. The van der Waals surface area contributed by atoms with Crippen molar-refractivity contribution in [3.05, 3.63) is 94.5 Å². The van der Waals surface area contributed by atoms with Gasteiger partial charge in [-0.05, 0) is 94.9 Å². The molecule has 2 aliphatic rings. The second kappa shape index (κ2) is 13.1.